The monoisotopic (exact) mass is 349 g/mol. The molecule has 0 spiro atoms. The Morgan fingerprint density at radius 3 is 2.71 bits per heavy atom. The Kier molecular flexibility index (Phi) is 4.10. The Bertz CT molecular complexity index is 995. The molecule has 0 radical (unpaired) electrons. The Hall–Kier alpha value is -2.32. The van der Waals surface area contributed by atoms with E-state index in [2.05, 4.69) is 10.1 Å². The summed E-state index contributed by atoms with van der Waals surface area (Å²) in [5.74, 6) is -0.213. The third kappa shape index (κ3) is 2.78. The minimum atomic E-state index is -3.81. The van der Waals surface area contributed by atoms with Crippen LogP contribution in [0.1, 0.15) is 17.0 Å². The van der Waals surface area contributed by atoms with Gasteiger partial charge in [-0.2, -0.15) is 4.31 Å². The first kappa shape index (κ1) is 16.5. The molecule has 0 aliphatic carbocycles. The molecule has 0 amide bonds. The second-order valence-corrected chi connectivity index (χ2v) is 7.54. The Balaban J connectivity index is 2.03. The molecule has 3 rings (SSSR count). The minimum absolute atomic E-state index is 0.0162. The first-order valence-electron chi connectivity index (χ1n) is 7.23. The fourth-order valence-electron chi connectivity index (χ4n) is 2.67. The van der Waals surface area contributed by atoms with Crippen molar-refractivity contribution in [2.75, 3.05) is 7.05 Å². The van der Waals surface area contributed by atoms with E-state index in [0.29, 0.717) is 22.2 Å². The summed E-state index contributed by atoms with van der Waals surface area (Å²) in [4.78, 5) is 4.28. The number of nitrogens with zero attached hydrogens (tertiary/aromatic N) is 3. The molecule has 6 nitrogen and oxygen atoms in total. The number of benzene rings is 1. The normalized spacial score (nSPS) is 12.2. The Labute approximate surface area is 139 Å². The van der Waals surface area contributed by atoms with Crippen LogP contribution in [-0.2, 0) is 16.6 Å². The molecule has 3 aromatic rings. The van der Waals surface area contributed by atoms with Crippen LogP contribution in [0.5, 0.6) is 0 Å². The van der Waals surface area contributed by atoms with Crippen molar-refractivity contribution in [1.82, 2.24) is 14.4 Å². The van der Waals surface area contributed by atoms with E-state index in [1.54, 1.807) is 32.2 Å². The van der Waals surface area contributed by atoms with Crippen LogP contribution < -0.4 is 0 Å². The van der Waals surface area contributed by atoms with Gasteiger partial charge in [0, 0.05) is 25.2 Å². The average Bonchev–Trinajstić information content (AvgIpc) is 2.86. The van der Waals surface area contributed by atoms with Crippen LogP contribution in [0.25, 0.3) is 10.9 Å². The average molecular weight is 349 g/mol. The summed E-state index contributed by atoms with van der Waals surface area (Å²) in [5.41, 5.74) is 1.35. The van der Waals surface area contributed by atoms with E-state index in [9.17, 15) is 12.8 Å². The number of halogens is 1. The highest BCUT2D eigenvalue weighted by Crippen LogP contribution is 2.25. The molecule has 8 heteroatoms. The van der Waals surface area contributed by atoms with E-state index >= 15 is 0 Å². The minimum Gasteiger partial charge on any atom is -0.360 e. The van der Waals surface area contributed by atoms with Gasteiger partial charge in [-0.15, -0.1) is 0 Å². The van der Waals surface area contributed by atoms with Gasteiger partial charge in [0.1, 0.15) is 16.4 Å². The van der Waals surface area contributed by atoms with Crippen LogP contribution in [0.2, 0.25) is 0 Å². The molecule has 0 bridgehead atoms. The fourth-order valence-corrected chi connectivity index (χ4v) is 4.10. The Morgan fingerprint density at radius 1 is 1.29 bits per heavy atom. The highest BCUT2D eigenvalue weighted by Gasteiger charge is 2.29. The zero-order valence-corrected chi connectivity index (χ0v) is 14.3. The van der Waals surface area contributed by atoms with E-state index < -0.39 is 15.8 Å². The third-order valence-electron chi connectivity index (χ3n) is 3.78. The van der Waals surface area contributed by atoms with E-state index in [1.165, 1.54) is 19.2 Å². The number of sulfonamides is 1. The maximum Gasteiger partial charge on any atom is 0.248 e. The molecule has 1 aromatic carbocycles. The molecule has 0 saturated carbocycles. The lowest BCUT2D eigenvalue weighted by atomic mass is 10.1. The molecule has 0 aliphatic rings. The van der Waals surface area contributed by atoms with Crippen LogP contribution in [0.15, 0.2) is 39.9 Å². The number of fused-ring (bicyclic) bond motifs is 1. The molecule has 0 N–H and O–H groups in total. The van der Waals surface area contributed by atoms with Crippen molar-refractivity contribution < 1.29 is 17.3 Å². The van der Waals surface area contributed by atoms with Gasteiger partial charge < -0.3 is 4.52 Å². The largest absolute Gasteiger partial charge is 0.360 e. The first-order valence-corrected chi connectivity index (χ1v) is 8.67. The van der Waals surface area contributed by atoms with Gasteiger partial charge in [0.2, 0.25) is 10.0 Å². The second kappa shape index (κ2) is 5.95. The van der Waals surface area contributed by atoms with Gasteiger partial charge in [0.05, 0.1) is 5.52 Å². The SMILES string of the molecule is Cc1noc(C)c1S(=O)(=O)N(C)Cc1cc(F)cc2cccnc12. The van der Waals surface area contributed by atoms with Gasteiger partial charge in [-0.1, -0.05) is 11.2 Å². The summed E-state index contributed by atoms with van der Waals surface area (Å²) in [5, 5.41) is 4.30. The van der Waals surface area contributed by atoms with E-state index in [4.69, 9.17) is 4.52 Å². The van der Waals surface area contributed by atoms with Crippen molar-refractivity contribution in [1.29, 1.82) is 0 Å². The number of rotatable bonds is 4. The molecule has 24 heavy (non-hydrogen) atoms. The summed E-state index contributed by atoms with van der Waals surface area (Å²) in [6.45, 7) is 3.09. The van der Waals surface area contributed by atoms with Crippen LogP contribution in [0, 0.1) is 19.7 Å². The molecule has 0 unspecified atom stereocenters. The van der Waals surface area contributed by atoms with Gasteiger partial charge in [-0.05, 0) is 37.6 Å². The summed E-state index contributed by atoms with van der Waals surface area (Å²) < 4.78 is 45.5. The summed E-state index contributed by atoms with van der Waals surface area (Å²) in [6.07, 6.45) is 1.59. The number of aromatic nitrogens is 2. The summed E-state index contributed by atoms with van der Waals surface area (Å²) in [6, 6.07) is 6.11. The molecule has 2 heterocycles. The van der Waals surface area contributed by atoms with Crippen LogP contribution in [-0.4, -0.2) is 29.9 Å². The topological polar surface area (TPSA) is 76.3 Å². The predicted molar refractivity (Wildman–Crippen MR) is 86.3 cm³/mol. The third-order valence-corrected chi connectivity index (χ3v) is 5.83. The summed E-state index contributed by atoms with van der Waals surface area (Å²) >= 11 is 0. The van der Waals surface area contributed by atoms with Gasteiger partial charge in [-0.25, -0.2) is 12.8 Å². The number of hydrogen-bond donors (Lipinski definition) is 0. The van der Waals surface area contributed by atoms with Crippen LogP contribution in [0.3, 0.4) is 0 Å². The molecular formula is C16H16FN3O3S. The zero-order valence-electron chi connectivity index (χ0n) is 13.4. The zero-order chi connectivity index (χ0) is 17.5. The van der Waals surface area contributed by atoms with Crippen molar-refractivity contribution in [2.24, 2.45) is 0 Å². The predicted octanol–water partition coefficient (Wildman–Crippen LogP) is 2.80. The summed E-state index contributed by atoms with van der Waals surface area (Å²) in [7, 11) is -2.38. The molecular weight excluding hydrogens is 333 g/mol. The van der Waals surface area contributed by atoms with Crippen molar-refractivity contribution in [2.45, 2.75) is 25.3 Å². The van der Waals surface area contributed by atoms with Crippen molar-refractivity contribution in [3.63, 3.8) is 0 Å². The van der Waals surface area contributed by atoms with Gasteiger partial charge >= 0.3 is 0 Å². The molecule has 0 aliphatic heterocycles. The quantitative estimate of drug-likeness (QED) is 0.724. The molecule has 0 atom stereocenters. The molecule has 126 valence electrons. The highest BCUT2D eigenvalue weighted by atomic mass is 32.2. The van der Waals surface area contributed by atoms with Crippen molar-refractivity contribution >= 4 is 20.9 Å². The molecule has 0 saturated heterocycles. The number of hydrogen-bond acceptors (Lipinski definition) is 5. The van der Waals surface area contributed by atoms with Crippen LogP contribution in [0.4, 0.5) is 4.39 Å². The van der Waals surface area contributed by atoms with Crippen LogP contribution >= 0.6 is 0 Å². The first-order chi connectivity index (χ1) is 11.3. The van der Waals surface area contributed by atoms with Crippen molar-refractivity contribution in [3.05, 3.63) is 53.3 Å². The maximum absolute atomic E-state index is 13.8. The number of pyridine rings is 1. The maximum atomic E-state index is 13.8. The van der Waals surface area contributed by atoms with Gasteiger partial charge in [0.15, 0.2) is 5.76 Å². The lowest BCUT2D eigenvalue weighted by molar-refractivity contribution is 0.389. The van der Waals surface area contributed by atoms with Gasteiger partial charge in [0.25, 0.3) is 0 Å². The second-order valence-electron chi connectivity index (χ2n) is 5.55. The lowest BCUT2D eigenvalue weighted by Gasteiger charge is -2.18. The van der Waals surface area contributed by atoms with Crippen molar-refractivity contribution in [3.8, 4) is 0 Å². The highest BCUT2D eigenvalue weighted by molar-refractivity contribution is 7.89. The number of aryl methyl sites for hydroxylation is 2. The van der Waals surface area contributed by atoms with E-state index in [-0.39, 0.29) is 17.2 Å². The van der Waals surface area contributed by atoms with Gasteiger partial charge in [-0.3, -0.25) is 4.98 Å². The van der Waals surface area contributed by atoms with E-state index in [0.717, 1.165) is 4.31 Å². The Morgan fingerprint density at radius 2 is 2.04 bits per heavy atom. The molecule has 2 aromatic heterocycles. The smallest absolute Gasteiger partial charge is 0.248 e. The fraction of sp³-hybridized carbons (Fsp3) is 0.250. The molecule has 0 fully saturated rings. The van der Waals surface area contributed by atoms with E-state index in [1.807, 2.05) is 0 Å². The standard InChI is InChI=1S/C16H16FN3O3S/c1-10-16(11(2)23-19-10)24(21,22)20(3)9-13-8-14(17)7-12-5-4-6-18-15(12)13/h4-8H,9H2,1-3H3. The lowest BCUT2D eigenvalue weighted by Crippen LogP contribution is -2.27.